The van der Waals surface area contributed by atoms with Crippen LogP contribution in [0, 0.1) is 12.8 Å². The summed E-state index contributed by atoms with van der Waals surface area (Å²) in [6.07, 6.45) is 1.78. The highest BCUT2D eigenvalue weighted by atomic mass is 16.2. The van der Waals surface area contributed by atoms with Gasteiger partial charge in [0.2, 0.25) is 5.91 Å². The van der Waals surface area contributed by atoms with Crippen LogP contribution in [0.5, 0.6) is 0 Å². The van der Waals surface area contributed by atoms with Gasteiger partial charge in [0.05, 0.1) is 5.69 Å². The van der Waals surface area contributed by atoms with Crippen molar-refractivity contribution in [3.63, 3.8) is 0 Å². The number of piperidine rings is 1. The molecule has 0 spiro atoms. The fraction of sp³-hybridized carbons (Fsp3) is 0.692. The lowest BCUT2D eigenvalue weighted by Gasteiger charge is -2.34. The van der Waals surface area contributed by atoms with Gasteiger partial charge >= 0.3 is 0 Å². The van der Waals surface area contributed by atoms with Crippen LogP contribution in [0.1, 0.15) is 42.9 Å². The molecular weight excluding hydrogens is 258 g/mol. The van der Waals surface area contributed by atoms with E-state index >= 15 is 0 Å². The Morgan fingerprint density at radius 1 is 1.40 bits per heavy atom. The summed E-state index contributed by atoms with van der Waals surface area (Å²) in [6.45, 7) is 6.85. The predicted octanol–water partition coefficient (Wildman–Crippen LogP) is 0.490. The minimum Gasteiger partial charge on any atom is -0.346 e. The normalized spacial score (nSPS) is 19.2. The molecule has 1 atom stereocenters. The molecule has 0 radical (unpaired) electrons. The molecule has 1 saturated heterocycles. The van der Waals surface area contributed by atoms with Crippen LogP contribution in [-0.4, -0.2) is 51.3 Å². The van der Waals surface area contributed by atoms with Gasteiger partial charge in [0.15, 0.2) is 5.69 Å². The van der Waals surface area contributed by atoms with Crippen LogP contribution < -0.4 is 5.32 Å². The molecule has 1 aliphatic rings. The number of H-pyrrole nitrogens is 1. The van der Waals surface area contributed by atoms with Gasteiger partial charge in [0.25, 0.3) is 5.91 Å². The summed E-state index contributed by atoms with van der Waals surface area (Å²) in [5, 5.41) is 13.0. The van der Waals surface area contributed by atoms with Crippen LogP contribution in [0.3, 0.4) is 0 Å². The van der Waals surface area contributed by atoms with Crippen molar-refractivity contribution in [3.05, 3.63) is 11.4 Å². The molecule has 2 rings (SSSR count). The molecule has 0 saturated carbocycles. The highest BCUT2D eigenvalue weighted by Gasteiger charge is 2.27. The summed E-state index contributed by atoms with van der Waals surface area (Å²) in [7, 11) is 0. The van der Waals surface area contributed by atoms with E-state index in [0.717, 1.165) is 19.4 Å². The van der Waals surface area contributed by atoms with E-state index in [0.29, 0.717) is 17.9 Å². The molecule has 2 heterocycles. The molecule has 0 unspecified atom stereocenters. The fourth-order valence-electron chi connectivity index (χ4n) is 2.41. The van der Waals surface area contributed by atoms with Gasteiger partial charge in [-0.3, -0.25) is 9.59 Å². The van der Waals surface area contributed by atoms with Crippen LogP contribution in [-0.2, 0) is 4.79 Å². The monoisotopic (exact) mass is 279 g/mol. The van der Waals surface area contributed by atoms with Gasteiger partial charge in [0.1, 0.15) is 0 Å². The SMILES string of the molecule is Cc1n[nH]nc1C(=O)N[C@@H]1CCCN(C(=O)C(C)C)C1. The van der Waals surface area contributed by atoms with Crippen LogP contribution in [0.25, 0.3) is 0 Å². The number of hydrogen-bond acceptors (Lipinski definition) is 4. The van der Waals surface area contributed by atoms with E-state index in [-0.39, 0.29) is 23.8 Å². The number of nitrogens with zero attached hydrogens (tertiary/aromatic N) is 3. The number of hydrogen-bond donors (Lipinski definition) is 2. The second-order valence-electron chi connectivity index (χ2n) is 5.51. The van der Waals surface area contributed by atoms with Gasteiger partial charge in [0, 0.05) is 25.0 Å². The van der Waals surface area contributed by atoms with Crippen molar-refractivity contribution in [3.8, 4) is 0 Å². The number of likely N-dealkylation sites (tertiary alicyclic amines) is 1. The zero-order valence-corrected chi connectivity index (χ0v) is 12.1. The maximum atomic E-state index is 12.1. The third-order valence-corrected chi connectivity index (χ3v) is 3.50. The number of amides is 2. The second-order valence-corrected chi connectivity index (χ2v) is 5.51. The zero-order valence-electron chi connectivity index (χ0n) is 12.1. The lowest BCUT2D eigenvalue weighted by molar-refractivity contribution is -0.135. The number of carbonyl (C=O) groups is 2. The Labute approximate surface area is 118 Å². The van der Waals surface area contributed by atoms with Crippen LogP contribution in [0.2, 0.25) is 0 Å². The molecule has 110 valence electrons. The quantitative estimate of drug-likeness (QED) is 0.842. The van der Waals surface area contributed by atoms with E-state index in [1.54, 1.807) is 6.92 Å². The van der Waals surface area contributed by atoms with Crippen LogP contribution in [0.4, 0.5) is 0 Å². The van der Waals surface area contributed by atoms with Crippen molar-refractivity contribution in [2.24, 2.45) is 5.92 Å². The summed E-state index contributed by atoms with van der Waals surface area (Å²) in [5.74, 6) is -0.108. The molecule has 0 bridgehead atoms. The van der Waals surface area contributed by atoms with Gasteiger partial charge in [-0.25, -0.2) is 0 Å². The predicted molar refractivity (Wildman–Crippen MR) is 73.0 cm³/mol. The van der Waals surface area contributed by atoms with Crippen molar-refractivity contribution in [2.75, 3.05) is 13.1 Å². The first-order chi connectivity index (χ1) is 9.49. The largest absolute Gasteiger partial charge is 0.346 e. The number of aryl methyl sites for hydroxylation is 1. The summed E-state index contributed by atoms with van der Waals surface area (Å²) in [4.78, 5) is 25.9. The van der Waals surface area contributed by atoms with Gasteiger partial charge in [-0.15, -0.1) is 0 Å². The molecule has 0 aliphatic carbocycles. The molecule has 1 fully saturated rings. The maximum absolute atomic E-state index is 12.1. The van der Waals surface area contributed by atoms with Crippen LogP contribution >= 0.6 is 0 Å². The van der Waals surface area contributed by atoms with E-state index in [4.69, 9.17) is 0 Å². The van der Waals surface area contributed by atoms with Gasteiger partial charge in [-0.1, -0.05) is 13.8 Å². The summed E-state index contributed by atoms with van der Waals surface area (Å²) in [6, 6.07) is -0.0185. The molecule has 2 amide bonds. The van der Waals surface area contributed by atoms with Crippen LogP contribution in [0.15, 0.2) is 0 Å². The van der Waals surface area contributed by atoms with E-state index in [2.05, 4.69) is 20.7 Å². The summed E-state index contributed by atoms with van der Waals surface area (Å²) < 4.78 is 0. The van der Waals surface area contributed by atoms with E-state index in [9.17, 15) is 9.59 Å². The molecule has 1 aliphatic heterocycles. The Morgan fingerprint density at radius 2 is 2.15 bits per heavy atom. The first kappa shape index (κ1) is 14.5. The molecular formula is C13H21N5O2. The second kappa shape index (κ2) is 6.02. The number of rotatable bonds is 3. The van der Waals surface area contributed by atoms with Gasteiger partial charge < -0.3 is 10.2 Å². The summed E-state index contributed by atoms with van der Waals surface area (Å²) >= 11 is 0. The number of carbonyl (C=O) groups excluding carboxylic acids is 2. The Kier molecular flexibility index (Phi) is 4.36. The minimum atomic E-state index is -0.236. The fourth-order valence-corrected chi connectivity index (χ4v) is 2.41. The molecule has 0 aromatic carbocycles. The zero-order chi connectivity index (χ0) is 14.7. The minimum absolute atomic E-state index is 0.0118. The van der Waals surface area contributed by atoms with E-state index < -0.39 is 0 Å². The molecule has 20 heavy (non-hydrogen) atoms. The lowest BCUT2D eigenvalue weighted by Crippen LogP contribution is -2.50. The van der Waals surface area contributed by atoms with Crippen molar-refractivity contribution in [1.29, 1.82) is 0 Å². The topological polar surface area (TPSA) is 91.0 Å². The molecule has 2 N–H and O–H groups in total. The number of nitrogens with one attached hydrogen (secondary N) is 2. The third kappa shape index (κ3) is 3.15. The third-order valence-electron chi connectivity index (χ3n) is 3.50. The Bertz CT molecular complexity index is 497. The molecule has 7 nitrogen and oxygen atoms in total. The smallest absolute Gasteiger partial charge is 0.274 e. The van der Waals surface area contributed by atoms with Crippen molar-refractivity contribution in [2.45, 2.75) is 39.7 Å². The van der Waals surface area contributed by atoms with Gasteiger partial charge in [-0.2, -0.15) is 15.4 Å². The Balaban J connectivity index is 1.95. The average molecular weight is 279 g/mol. The lowest BCUT2D eigenvalue weighted by atomic mass is 10.0. The molecule has 1 aromatic rings. The maximum Gasteiger partial charge on any atom is 0.274 e. The summed E-state index contributed by atoms with van der Waals surface area (Å²) in [5.41, 5.74) is 0.894. The molecule has 7 heteroatoms. The Morgan fingerprint density at radius 3 is 2.75 bits per heavy atom. The van der Waals surface area contributed by atoms with Gasteiger partial charge in [-0.05, 0) is 19.8 Å². The van der Waals surface area contributed by atoms with E-state index in [1.165, 1.54) is 0 Å². The highest BCUT2D eigenvalue weighted by molar-refractivity contribution is 5.93. The standard InChI is InChI=1S/C13H21N5O2/c1-8(2)13(20)18-6-4-5-10(7-18)14-12(19)11-9(3)15-17-16-11/h8,10H,4-7H2,1-3H3,(H,14,19)(H,15,16,17)/t10-/m1/s1. The molecule has 1 aromatic heterocycles. The van der Waals surface area contributed by atoms with Crippen molar-refractivity contribution >= 4 is 11.8 Å². The average Bonchev–Trinajstić information content (AvgIpc) is 2.84. The Hall–Kier alpha value is -1.92. The first-order valence-electron chi connectivity index (χ1n) is 6.96. The van der Waals surface area contributed by atoms with Crippen molar-refractivity contribution in [1.82, 2.24) is 25.6 Å². The number of aromatic nitrogens is 3. The number of aromatic amines is 1. The first-order valence-corrected chi connectivity index (χ1v) is 6.96. The highest BCUT2D eigenvalue weighted by Crippen LogP contribution is 2.13. The van der Waals surface area contributed by atoms with Crippen molar-refractivity contribution < 1.29 is 9.59 Å². The van der Waals surface area contributed by atoms with E-state index in [1.807, 2.05) is 18.7 Å².